The van der Waals surface area contributed by atoms with E-state index in [1.54, 1.807) is 0 Å². The summed E-state index contributed by atoms with van der Waals surface area (Å²) < 4.78 is 53.0. The third-order valence-electron chi connectivity index (χ3n) is 5.25. The van der Waals surface area contributed by atoms with E-state index in [0.29, 0.717) is 30.0 Å². The molecule has 0 spiro atoms. The first-order valence-electron chi connectivity index (χ1n) is 9.69. The van der Waals surface area contributed by atoms with Crippen molar-refractivity contribution in [3.05, 3.63) is 58.9 Å². The molecule has 3 aromatic rings. The molecule has 0 bridgehead atoms. The van der Waals surface area contributed by atoms with Gasteiger partial charge in [0.25, 0.3) is 0 Å². The van der Waals surface area contributed by atoms with Gasteiger partial charge in [0.05, 0.1) is 29.2 Å². The Morgan fingerprint density at radius 1 is 1.17 bits per heavy atom. The summed E-state index contributed by atoms with van der Waals surface area (Å²) in [6, 6.07) is 9.58. The first-order valence-corrected chi connectivity index (χ1v) is 9.69. The molecule has 0 radical (unpaired) electrons. The summed E-state index contributed by atoms with van der Waals surface area (Å²) >= 11 is 0. The van der Waals surface area contributed by atoms with Crippen LogP contribution in [0.5, 0.6) is 5.75 Å². The third kappa shape index (κ3) is 4.24. The number of aromatic nitrogens is 2. The van der Waals surface area contributed by atoms with Crippen molar-refractivity contribution in [2.45, 2.75) is 52.1 Å². The van der Waals surface area contributed by atoms with Gasteiger partial charge in [0, 0.05) is 6.61 Å². The van der Waals surface area contributed by atoms with Gasteiger partial charge < -0.3 is 14.0 Å². The minimum atomic E-state index is -4.40. The predicted molar refractivity (Wildman–Crippen MR) is 104 cm³/mol. The maximum absolute atomic E-state index is 13.1. The minimum Gasteiger partial charge on any atom is -0.485 e. The Labute approximate surface area is 167 Å². The lowest BCUT2D eigenvalue weighted by molar-refractivity contribution is -0.137. The predicted octanol–water partition coefficient (Wildman–Crippen LogP) is 5.43. The van der Waals surface area contributed by atoms with Gasteiger partial charge in [0.2, 0.25) is 0 Å². The average Bonchev–Trinajstić information content (AvgIpc) is 3.28. The quantitative estimate of drug-likeness (QED) is 0.569. The molecule has 4 nitrogen and oxygen atoms in total. The van der Waals surface area contributed by atoms with Crippen LogP contribution < -0.4 is 4.74 Å². The smallest absolute Gasteiger partial charge is 0.416 e. The van der Waals surface area contributed by atoms with Crippen molar-refractivity contribution in [2.75, 3.05) is 6.61 Å². The molecule has 1 aromatic heterocycles. The molecule has 7 heteroatoms. The van der Waals surface area contributed by atoms with Gasteiger partial charge >= 0.3 is 6.18 Å². The lowest BCUT2D eigenvalue weighted by Gasteiger charge is -2.15. The van der Waals surface area contributed by atoms with E-state index in [1.807, 2.05) is 36.6 Å². The molecule has 1 unspecified atom stereocenters. The molecule has 2 heterocycles. The minimum absolute atomic E-state index is 0.0366. The van der Waals surface area contributed by atoms with E-state index >= 15 is 0 Å². The van der Waals surface area contributed by atoms with E-state index in [-0.39, 0.29) is 12.7 Å². The molecule has 29 heavy (non-hydrogen) atoms. The van der Waals surface area contributed by atoms with E-state index in [4.69, 9.17) is 9.47 Å². The molecule has 1 fully saturated rings. The highest BCUT2D eigenvalue weighted by Gasteiger charge is 2.31. The Morgan fingerprint density at radius 2 is 2.00 bits per heavy atom. The first-order chi connectivity index (χ1) is 13.8. The highest BCUT2D eigenvalue weighted by atomic mass is 19.4. The van der Waals surface area contributed by atoms with E-state index in [0.717, 1.165) is 41.9 Å². The summed E-state index contributed by atoms with van der Waals surface area (Å²) in [7, 11) is 0. The number of nitrogens with zero attached hydrogens (tertiary/aromatic N) is 2. The fraction of sp³-hybridized carbons (Fsp3) is 0.409. The number of rotatable bonds is 5. The Bertz CT molecular complexity index is 1020. The summed E-state index contributed by atoms with van der Waals surface area (Å²) in [5, 5.41) is 0. The van der Waals surface area contributed by atoms with E-state index in [1.165, 1.54) is 6.07 Å². The van der Waals surface area contributed by atoms with Gasteiger partial charge in [-0.3, -0.25) is 0 Å². The number of aryl methyl sites for hydroxylation is 2. The molecule has 2 aromatic carbocycles. The highest BCUT2D eigenvalue weighted by Crippen LogP contribution is 2.32. The molecular formula is C22H23F3N2O2. The summed E-state index contributed by atoms with van der Waals surface area (Å²) in [5.74, 6) is 1.33. The molecule has 154 valence electrons. The Hall–Kier alpha value is -2.54. The summed E-state index contributed by atoms with van der Waals surface area (Å²) in [4.78, 5) is 4.47. The van der Waals surface area contributed by atoms with Crippen LogP contribution in [-0.4, -0.2) is 22.3 Å². The van der Waals surface area contributed by atoms with Gasteiger partial charge in [-0.05, 0) is 56.5 Å². The van der Waals surface area contributed by atoms with Crippen molar-refractivity contribution in [3.8, 4) is 5.75 Å². The Balaban J connectivity index is 1.67. The van der Waals surface area contributed by atoms with Crippen molar-refractivity contribution in [1.29, 1.82) is 0 Å². The summed E-state index contributed by atoms with van der Waals surface area (Å²) in [6.45, 7) is 5.41. The van der Waals surface area contributed by atoms with Crippen LogP contribution in [0.15, 0.2) is 36.4 Å². The monoisotopic (exact) mass is 404 g/mol. The fourth-order valence-corrected chi connectivity index (χ4v) is 3.77. The molecule has 1 aliphatic heterocycles. The number of imidazole rings is 1. The molecule has 0 N–H and O–H groups in total. The zero-order chi connectivity index (χ0) is 20.6. The zero-order valence-corrected chi connectivity index (χ0v) is 16.4. The lowest BCUT2D eigenvalue weighted by Crippen LogP contribution is -2.18. The second-order valence-corrected chi connectivity index (χ2v) is 7.53. The van der Waals surface area contributed by atoms with Gasteiger partial charge in [0.15, 0.2) is 0 Å². The number of halogens is 3. The van der Waals surface area contributed by atoms with Crippen LogP contribution >= 0.6 is 0 Å². The Kier molecular flexibility index (Phi) is 5.25. The maximum Gasteiger partial charge on any atom is 0.416 e. The number of alkyl halides is 3. The molecule has 1 saturated heterocycles. The molecular weight excluding hydrogens is 381 g/mol. The number of benzene rings is 2. The van der Waals surface area contributed by atoms with Crippen molar-refractivity contribution in [1.82, 2.24) is 9.55 Å². The number of hydrogen-bond donors (Lipinski definition) is 0. The van der Waals surface area contributed by atoms with E-state index in [9.17, 15) is 13.2 Å². The van der Waals surface area contributed by atoms with Crippen molar-refractivity contribution < 1.29 is 22.6 Å². The second kappa shape index (κ2) is 7.71. The molecule has 4 rings (SSSR count). The lowest BCUT2D eigenvalue weighted by atomic mass is 10.1. The van der Waals surface area contributed by atoms with Gasteiger partial charge in [0.1, 0.15) is 18.2 Å². The average molecular weight is 404 g/mol. The van der Waals surface area contributed by atoms with Crippen molar-refractivity contribution >= 4 is 11.0 Å². The molecule has 0 saturated carbocycles. The van der Waals surface area contributed by atoms with E-state index in [2.05, 4.69) is 4.98 Å². The van der Waals surface area contributed by atoms with Crippen LogP contribution in [0.1, 0.15) is 35.4 Å². The largest absolute Gasteiger partial charge is 0.485 e. The van der Waals surface area contributed by atoms with Crippen LogP contribution in [0.2, 0.25) is 0 Å². The normalized spacial score (nSPS) is 17.2. The molecule has 0 amide bonds. The van der Waals surface area contributed by atoms with Crippen LogP contribution in [0.4, 0.5) is 13.2 Å². The standard InChI is InChI=1S/C22H23F3N2O2/c1-14-5-8-20(15(2)10-14)29-13-21-26-18-11-16(22(23,24)25)6-7-19(18)27(21)12-17-4-3-9-28-17/h5-8,10-11,17H,3-4,9,12-13H2,1-2H3. The van der Waals surface area contributed by atoms with Crippen LogP contribution in [0, 0.1) is 13.8 Å². The van der Waals surface area contributed by atoms with Crippen LogP contribution in [0.3, 0.4) is 0 Å². The Morgan fingerprint density at radius 3 is 2.69 bits per heavy atom. The summed E-state index contributed by atoms with van der Waals surface area (Å²) in [5.41, 5.74) is 2.42. The van der Waals surface area contributed by atoms with Gasteiger partial charge in [-0.2, -0.15) is 13.2 Å². The first kappa shape index (κ1) is 19.8. The van der Waals surface area contributed by atoms with Crippen molar-refractivity contribution in [3.63, 3.8) is 0 Å². The topological polar surface area (TPSA) is 36.3 Å². The highest BCUT2D eigenvalue weighted by molar-refractivity contribution is 5.77. The molecule has 0 aliphatic carbocycles. The SMILES string of the molecule is Cc1ccc(OCc2nc3cc(C(F)(F)F)ccc3n2CC2CCCO2)c(C)c1. The second-order valence-electron chi connectivity index (χ2n) is 7.53. The van der Waals surface area contributed by atoms with Crippen LogP contribution in [0.25, 0.3) is 11.0 Å². The fourth-order valence-electron chi connectivity index (χ4n) is 3.77. The number of ether oxygens (including phenoxy) is 2. The molecule has 1 aliphatic rings. The molecule has 1 atom stereocenters. The van der Waals surface area contributed by atoms with Gasteiger partial charge in [-0.25, -0.2) is 4.98 Å². The van der Waals surface area contributed by atoms with Gasteiger partial charge in [-0.1, -0.05) is 17.7 Å². The van der Waals surface area contributed by atoms with E-state index < -0.39 is 11.7 Å². The van der Waals surface area contributed by atoms with Crippen LogP contribution in [-0.2, 0) is 24.1 Å². The number of hydrogen-bond acceptors (Lipinski definition) is 3. The number of fused-ring (bicyclic) bond motifs is 1. The zero-order valence-electron chi connectivity index (χ0n) is 16.4. The third-order valence-corrected chi connectivity index (χ3v) is 5.25. The maximum atomic E-state index is 13.1. The summed E-state index contributed by atoms with van der Waals surface area (Å²) in [6.07, 6.45) is -2.45. The van der Waals surface area contributed by atoms with Gasteiger partial charge in [-0.15, -0.1) is 0 Å². The van der Waals surface area contributed by atoms with Crippen molar-refractivity contribution in [2.24, 2.45) is 0 Å².